The first-order valence-electron chi connectivity index (χ1n) is 6.44. The topological polar surface area (TPSA) is 97.4 Å². The number of benzene rings is 1. The number of furan rings is 1. The van der Waals surface area contributed by atoms with Crippen LogP contribution in [0.1, 0.15) is 23.0 Å². The Balaban J connectivity index is 2.20. The lowest BCUT2D eigenvalue weighted by Crippen LogP contribution is -2.24. The SMILES string of the molecule is CCNc1ccc([N+](=O)[O-])cc1C(=O)NCc1ccco1. The van der Waals surface area contributed by atoms with Gasteiger partial charge in [-0.2, -0.15) is 0 Å². The van der Waals surface area contributed by atoms with Crippen molar-refractivity contribution < 1.29 is 14.1 Å². The predicted molar refractivity (Wildman–Crippen MR) is 77.1 cm³/mol. The molecule has 0 radical (unpaired) electrons. The number of carbonyl (C=O) groups is 1. The maximum Gasteiger partial charge on any atom is 0.270 e. The molecule has 0 saturated carbocycles. The third kappa shape index (κ3) is 3.59. The van der Waals surface area contributed by atoms with E-state index in [2.05, 4.69) is 10.6 Å². The minimum absolute atomic E-state index is 0.125. The number of rotatable bonds is 6. The molecule has 110 valence electrons. The third-order valence-electron chi connectivity index (χ3n) is 2.83. The molecule has 0 spiro atoms. The molecule has 1 aromatic heterocycles. The summed E-state index contributed by atoms with van der Waals surface area (Å²) in [5, 5.41) is 16.5. The molecule has 0 aliphatic heterocycles. The highest BCUT2D eigenvalue weighted by molar-refractivity contribution is 6.00. The molecule has 1 amide bonds. The molecule has 0 bridgehead atoms. The number of non-ortho nitro benzene ring substituents is 1. The van der Waals surface area contributed by atoms with Gasteiger partial charge in [0, 0.05) is 24.4 Å². The van der Waals surface area contributed by atoms with Crippen molar-refractivity contribution in [2.75, 3.05) is 11.9 Å². The fourth-order valence-electron chi connectivity index (χ4n) is 1.85. The molecule has 1 heterocycles. The van der Waals surface area contributed by atoms with Crippen LogP contribution in [0.2, 0.25) is 0 Å². The number of anilines is 1. The lowest BCUT2D eigenvalue weighted by Gasteiger charge is -2.10. The van der Waals surface area contributed by atoms with Gasteiger partial charge in [-0.25, -0.2) is 0 Å². The van der Waals surface area contributed by atoms with Gasteiger partial charge in [0.1, 0.15) is 5.76 Å². The molecule has 2 rings (SSSR count). The summed E-state index contributed by atoms with van der Waals surface area (Å²) in [6, 6.07) is 7.61. The molecule has 21 heavy (non-hydrogen) atoms. The van der Waals surface area contributed by atoms with E-state index in [1.54, 1.807) is 12.1 Å². The van der Waals surface area contributed by atoms with E-state index < -0.39 is 10.8 Å². The van der Waals surface area contributed by atoms with E-state index in [9.17, 15) is 14.9 Å². The molecule has 7 heteroatoms. The first kappa shape index (κ1) is 14.6. The Morgan fingerprint density at radius 3 is 2.81 bits per heavy atom. The standard InChI is InChI=1S/C14H15N3O4/c1-2-15-13-6-5-10(17(19)20)8-12(13)14(18)16-9-11-4-3-7-21-11/h3-8,15H,2,9H2,1H3,(H,16,18). The van der Waals surface area contributed by atoms with Gasteiger partial charge in [0.15, 0.2) is 0 Å². The molecule has 0 unspecified atom stereocenters. The van der Waals surface area contributed by atoms with Crippen LogP contribution in [-0.2, 0) is 6.54 Å². The quantitative estimate of drug-likeness (QED) is 0.629. The Kier molecular flexibility index (Phi) is 4.55. The smallest absolute Gasteiger partial charge is 0.270 e. The average Bonchev–Trinajstić information content (AvgIpc) is 2.98. The molecule has 0 fully saturated rings. The van der Waals surface area contributed by atoms with Crippen molar-refractivity contribution in [2.24, 2.45) is 0 Å². The summed E-state index contributed by atoms with van der Waals surface area (Å²) >= 11 is 0. The van der Waals surface area contributed by atoms with Gasteiger partial charge in [0.2, 0.25) is 0 Å². The number of nitrogens with zero attached hydrogens (tertiary/aromatic N) is 1. The van der Waals surface area contributed by atoms with Crippen LogP contribution < -0.4 is 10.6 Å². The van der Waals surface area contributed by atoms with Crippen molar-refractivity contribution in [3.63, 3.8) is 0 Å². The molecular formula is C14H15N3O4. The normalized spacial score (nSPS) is 10.1. The summed E-state index contributed by atoms with van der Waals surface area (Å²) in [5.41, 5.74) is 0.664. The molecule has 0 saturated heterocycles. The largest absolute Gasteiger partial charge is 0.467 e. The van der Waals surface area contributed by atoms with Crippen LogP contribution in [0.3, 0.4) is 0 Å². The summed E-state index contributed by atoms with van der Waals surface area (Å²) < 4.78 is 5.12. The van der Waals surface area contributed by atoms with E-state index in [1.807, 2.05) is 6.92 Å². The van der Waals surface area contributed by atoms with Gasteiger partial charge >= 0.3 is 0 Å². The van der Waals surface area contributed by atoms with Crippen LogP contribution in [0.15, 0.2) is 41.0 Å². The Morgan fingerprint density at radius 1 is 1.38 bits per heavy atom. The number of nitro groups is 1. The molecule has 7 nitrogen and oxygen atoms in total. The van der Waals surface area contributed by atoms with Crippen molar-refractivity contribution in [2.45, 2.75) is 13.5 Å². The maximum atomic E-state index is 12.2. The predicted octanol–water partition coefficient (Wildman–Crippen LogP) is 2.55. The number of nitrogens with one attached hydrogen (secondary N) is 2. The zero-order valence-electron chi connectivity index (χ0n) is 11.5. The Bertz CT molecular complexity index is 638. The van der Waals surface area contributed by atoms with Crippen LogP contribution in [0, 0.1) is 10.1 Å². The summed E-state index contributed by atoms with van der Waals surface area (Å²) in [6.45, 7) is 2.71. The average molecular weight is 289 g/mol. The molecule has 1 aromatic carbocycles. The van der Waals surface area contributed by atoms with Crippen LogP contribution in [-0.4, -0.2) is 17.4 Å². The van der Waals surface area contributed by atoms with Crippen LogP contribution in [0.5, 0.6) is 0 Å². The summed E-state index contributed by atoms with van der Waals surface area (Å²) in [7, 11) is 0. The van der Waals surface area contributed by atoms with E-state index in [4.69, 9.17) is 4.42 Å². The fourth-order valence-corrected chi connectivity index (χ4v) is 1.85. The molecular weight excluding hydrogens is 274 g/mol. The van der Waals surface area contributed by atoms with E-state index >= 15 is 0 Å². The second-order valence-electron chi connectivity index (χ2n) is 4.28. The van der Waals surface area contributed by atoms with Crippen molar-refractivity contribution in [1.29, 1.82) is 0 Å². The minimum atomic E-state index is -0.529. The van der Waals surface area contributed by atoms with E-state index in [0.717, 1.165) is 0 Å². The van der Waals surface area contributed by atoms with Gasteiger partial charge in [-0.3, -0.25) is 14.9 Å². The van der Waals surface area contributed by atoms with E-state index in [1.165, 1.54) is 24.5 Å². The first-order chi connectivity index (χ1) is 10.1. The zero-order valence-corrected chi connectivity index (χ0v) is 11.5. The molecule has 2 N–H and O–H groups in total. The minimum Gasteiger partial charge on any atom is -0.467 e. The lowest BCUT2D eigenvalue weighted by molar-refractivity contribution is -0.384. The number of carbonyl (C=O) groups excluding carboxylic acids is 1. The van der Waals surface area contributed by atoms with Crippen molar-refractivity contribution >= 4 is 17.3 Å². The third-order valence-corrected chi connectivity index (χ3v) is 2.83. The first-order valence-corrected chi connectivity index (χ1v) is 6.44. The molecule has 2 aromatic rings. The highest BCUT2D eigenvalue weighted by Gasteiger charge is 2.16. The number of hydrogen-bond acceptors (Lipinski definition) is 5. The lowest BCUT2D eigenvalue weighted by atomic mass is 10.1. The monoisotopic (exact) mass is 289 g/mol. The Morgan fingerprint density at radius 2 is 2.19 bits per heavy atom. The van der Waals surface area contributed by atoms with Crippen molar-refractivity contribution in [1.82, 2.24) is 5.32 Å². The highest BCUT2D eigenvalue weighted by atomic mass is 16.6. The summed E-state index contributed by atoms with van der Waals surface area (Å²) in [6.07, 6.45) is 1.51. The van der Waals surface area contributed by atoms with Gasteiger partial charge in [-0.15, -0.1) is 0 Å². The van der Waals surface area contributed by atoms with Gasteiger partial charge < -0.3 is 15.1 Å². The highest BCUT2D eigenvalue weighted by Crippen LogP contribution is 2.22. The fraction of sp³-hybridized carbons (Fsp3) is 0.214. The van der Waals surface area contributed by atoms with E-state index in [-0.39, 0.29) is 17.8 Å². The second-order valence-corrected chi connectivity index (χ2v) is 4.28. The summed E-state index contributed by atoms with van der Waals surface area (Å²) in [5.74, 6) is 0.213. The van der Waals surface area contributed by atoms with Crippen LogP contribution in [0.25, 0.3) is 0 Å². The maximum absolute atomic E-state index is 12.2. The van der Waals surface area contributed by atoms with Gasteiger partial charge in [0.25, 0.3) is 11.6 Å². The molecule has 0 aliphatic carbocycles. The van der Waals surface area contributed by atoms with Gasteiger partial charge in [-0.05, 0) is 25.1 Å². The second kappa shape index (κ2) is 6.56. The Hall–Kier alpha value is -2.83. The van der Waals surface area contributed by atoms with E-state index in [0.29, 0.717) is 18.0 Å². The van der Waals surface area contributed by atoms with Gasteiger partial charge in [0.05, 0.1) is 23.3 Å². The Labute approximate surface area is 121 Å². The zero-order chi connectivity index (χ0) is 15.2. The number of nitro benzene ring substituents is 1. The molecule has 0 aliphatic rings. The van der Waals surface area contributed by atoms with Crippen LogP contribution >= 0.6 is 0 Å². The number of hydrogen-bond donors (Lipinski definition) is 2. The number of amides is 1. The van der Waals surface area contributed by atoms with Crippen LogP contribution in [0.4, 0.5) is 11.4 Å². The van der Waals surface area contributed by atoms with Gasteiger partial charge in [-0.1, -0.05) is 0 Å². The molecule has 0 atom stereocenters. The van der Waals surface area contributed by atoms with Crippen molar-refractivity contribution in [3.05, 3.63) is 58.0 Å². The summed E-state index contributed by atoms with van der Waals surface area (Å²) in [4.78, 5) is 22.5. The van der Waals surface area contributed by atoms with Crippen molar-refractivity contribution in [3.8, 4) is 0 Å².